The van der Waals surface area contributed by atoms with Gasteiger partial charge < -0.3 is 19.7 Å². The van der Waals surface area contributed by atoms with Crippen LogP contribution in [0.3, 0.4) is 0 Å². The Morgan fingerprint density at radius 3 is 2.88 bits per heavy atom. The van der Waals surface area contributed by atoms with Gasteiger partial charge in [-0.2, -0.15) is 0 Å². The Morgan fingerprint density at radius 1 is 1.42 bits per heavy atom. The van der Waals surface area contributed by atoms with Gasteiger partial charge in [0.05, 0.1) is 19.3 Å². The van der Waals surface area contributed by atoms with Gasteiger partial charge >= 0.3 is 0 Å². The first-order chi connectivity index (χ1) is 11.5. The number of rotatable bonds is 8. The molecule has 0 saturated heterocycles. The molecule has 0 fully saturated rings. The van der Waals surface area contributed by atoms with Crippen LogP contribution in [0, 0.1) is 0 Å². The van der Waals surface area contributed by atoms with Gasteiger partial charge in [-0.25, -0.2) is 0 Å². The number of ether oxygens (including phenoxy) is 2. The average Bonchev–Trinajstić information content (AvgIpc) is 2.59. The molecule has 0 aromatic heterocycles. The summed E-state index contributed by atoms with van der Waals surface area (Å²) in [6.45, 7) is 5.21. The minimum absolute atomic E-state index is 0.00607. The highest BCUT2D eigenvalue weighted by atomic mass is 16.5. The first-order valence-corrected chi connectivity index (χ1v) is 8.42. The largest absolute Gasteiger partial charge is 0.497 e. The summed E-state index contributed by atoms with van der Waals surface area (Å²) in [5, 5.41) is 2.93. The molecule has 0 bridgehead atoms. The number of anilines is 1. The highest BCUT2D eigenvalue weighted by Gasteiger charge is 2.28. The lowest BCUT2D eigenvalue weighted by atomic mass is 10.1. The summed E-state index contributed by atoms with van der Waals surface area (Å²) in [6.07, 6.45) is 1.97. The van der Waals surface area contributed by atoms with Gasteiger partial charge in [0, 0.05) is 25.6 Å². The minimum atomic E-state index is -0.485. The number of nitrogens with one attached hydrogen (secondary N) is 1. The zero-order chi connectivity index (χ0) is 17.5. The maximum absolute atomic E-state index is 11.7. The van der Waals surface area contributed by atoms with Gasteiger partial charge in [-0.05, 0) is 25.5 Å². The Bertz CT molecular complexity index is 588. The van der Waals surface area contributed by atoms with Crippen LogP contribution >= 0.6 is 0 Å². The summed E-state index contributed by atoms with van der Waals surface area (Å²) in [6, 6.07) is 5.52. The van der Waals surface area contributed by atoms with E-state index in [0.717, 1.165) is 24.3 Å². The van der Waals surface area contributed by atoms with E-state index < -0.39 is 6.10 Å². The van der Waals surface area contributed by atoms with Crippen LogP contribution in [0.4, 0.5) is 5.69 Å². The highest BCUT2D eigenvalue weighted by molar-refractivity contribution is 5.83. The van der Waals surface area contributed by atoms with Crippen molar-refractivity contribution in [3.05, 3.63) is 18.2 Å². The molecule has 1 aliphatic heterocycles. The van der Waals surface area contributed by atoms with Crippen molar-refractivity contribution in [2.75, 3.05) is 31.6 Å². The molecule has 132 valence electrons. The van der Waals surface area contributed by atoms with Crippen molar-refractivity contribution in [3.63, 3.8) is 0 Å². The number of benzene rings is 1. The molecule has 6 nitrogen and oxygen atoms in total. The molecule has 1 N–H and O–H groups in total. The molecule has 1 atom stereocenters. The summed E-state index contributed by atoms with van der Waals surface area (Å²) in [5.41, 5.74) is 0.884. The number of methoxy groups -OCH3 is 1. The van der Waals surface area contributed by atoms with Crippen molar-refractivity contribution in [3.8, 4) is 11.5 Å². The van der Waals surface area contributed by atoms with Crippen LogP contribution in [-0.2, 0) is 9.59 Å². The first kappa shape index (κ1) is 18.1. The Hall–Kier alpha value is -2.24. The highest BCUT2D eigenvalue weighted by Crippen LogP contribution is 2.36. The van der Waals surface area contributed by atoms with Crippen molar-refractivity contribution in [1.29, 1.82) is 0 Å². The van der Waals surface area contributed by atoms with E-state index in [1.165, 1.54) is 6.92 Å². The number of nitrogens with zero attached hydrogens (tertiary/aromatic N) is 1. The van der Waals surface area contributed by atoms with Gasteiger partial charge in [-0.15, -0.1) is 0 Å². The molecule has 0 spiro atoms. The Morgan fingerprint density at radius 2 is 2.21 bits per heavy atom. The summed E-state index contributed by atoms with van der Waals surface area (Å²) in [4.78, 5) is 25.5. The molecule has 1 aromatic rings. The van der Waals surface area contributed by atoms with Crippen molar-refractivity contribution < 1.29 is 19.1 Å². The van der Waals surface area contributed by atoms with Gasteiger partial charge in [-0.1, -0.05) is 13.3 Å². The van der Waals surface area contributed by atoms with Gasteiger partial charge in [0.2, 0.25) is 5.91 Å². The first-order valence-electron chi connectivity index (χ1n) is 8.42. The van der Waals surface area contributed by atoms with Crippen LogP contribution in [0.5, 0.6) is 11.5 Å². The third-order valence-electron chi connectivity index (χ3n) is 4.08. The maximum atomic E-state index is 11.7. The fourth-order valence-electron chi connectivity index (χ4n) is 2.64. The molecule has 1 amide bonds. The van der Waals surface area contributed by atoms with Crippen LogP contribution < -0.4 is 19.7 Å². The predicted octanol–water partition coefficient (Wildman–Crippen LogP) is 2.16. The molecule has 1 heterocycles. The molecule has 1 aromatic carbocycles. The second-order valence-corrected chi connectivity index (χ2v) is 5.95. The molecular formula is C18H26N2O4. The van der Waals surface area contributed by atoms with Crippen LogP contribution in [0.2, 0.25) is 0 Å². The molecule has 24 heavy (non-hydrogen) atoms. The number of unbranched alkanes of at least 4 members (excludes halogenated alkanes) is 1. The second kappa shape index (κ2) is 8.57. The predicted molar refractivity (Wildman–Crippen MR) is 92.8 cm³/mol. The average molecular weight is 334 g/mol. The monoisotopic (exact) mass is 334 g/mol. The van der Waals surface area contributed by atoms with E-state index in [0.29, 0.717) is 31.8 Å². The van der Waals surface area contributed by atoms with Crippen LogP contribution in [0.15, 0.2) is 18.2 Å². The van der Waals surface area contributed by atoms with Crippen LogP contribution in [-0.4, -0.2) is 44.5 Å². The number of amides is 1. The number of carbonyl (C=O) groups excluding carboxylic acids is 2. The number of ketones is 1. The molecule has 1 aliphatic rings. The van der Waals surface area contributed by atoms with Crippen molar-refractivity contribution in [2.45, 2.75) is 39.2 Å². The normalized spacial score (nSPS) is 16.1. The zero-order valence-electron chi connectivity index (χ0n) is 14.6. The van der Waals surface area contributed by atoms with E-state index in [1.807, 2.05) is 18.2 Å². The molecule has 6 heteroatoms. The molecular weight excluding hydrogens is 308 g/mol. The van der Waals surface area contributed by atoms with E-state index in [1.54, 1.807) is 7.11 Å². The van der Waals surface area contributed by atoms with Gasteiger partial charge in [-0.3, -0.25) is 9.59 Å². The molecule has 0 radical (unpaired) electrons. The van der Waals surface area contributed by atoms with E-state index >= 15 is 0 Å². The zero-order valence-corrected chi connectivity index (χ0v) is 14.6. The standard InChI is InChI=1S/C18H26N2O4/c1-4-5-6-18(22)19-9-10-20-12-17(13(2)21)24-16-8-7-14(23-3)11-15(16)20/h7-8,11,17H,4-6,9-10,12H2,1-3H3,(H,19,22). The fourth-order valence-corrected chi connectivity index (χ4v) is 2.64. The third kappa shape index (κ3) is 4.63. The quantitative estimate of drug-likeness (QED) is 0.789. The summed E-state index contributed by atoms with van der Waals surface area (Å²) >= 11 is 0. The smallest absolute Gasteiger partial charge is 0.220 e. The van der Waals surface area contributed by atoms with Gasteiger partial charge in [0.25, 0.3) is 0 Å². The van der Waals surface area contributed by atoms with Gasteiger partial charge in [0.15, 0.2) is 11.9 Å². The summed E-state index contributed by atoms with van der Waals surface area (Å²) < 4.78 is 11.0. The third-order valence-corrected chi connectivity index (χ3v) is 4.08. The van der Waals surface area contributed by atoms with Crippen molar-refractivity contribution in [2.24, 2.45) is 0 Å². The van der Waals surface area contributed by atoms with Crippen LogP contribution in [0.25, 0.3) is 0 Å². The summed E-state index contributed by atoms with van der Waals surface area (Å²) in [5.74, 6) is 1.46. The number of fused-ring (bicyclic) bond motifs is 1. The summed E-state index contributed by atoms with van der Waals surface area (Å²) in [7, 11) is 1.61. The molecule has 0 aliphatic carbocycles. The van der Waals surface area contributed by atoms with Gasteiger partial charge in [0.1, 0.15) is 11.5 Å². The number of hydrogen-bond acceptors (Lipinski definition) is 5. The topological polar surface area (TPSA) is 67.9 Å². The second-order valence-electron chi connectivity index (χ2n) is 5.95. The van der Waals surface area contributed by atoms with Crippen LogP contribution in [0.1, 0.15) is 33.1 Å². The SMILES string of the molecule is CCCCC(=O)NCCN1CC(C(C)=O)Oc2ccc(OC)cc21. The Balaban J connectivity index is 2.04. The molecule has 1 unspecified atom stereocenters. The van der Waals surface area contributed by atoms with E-state index in [2.05, 4.69) is 17.1 Å². The maximum Gasteiger partial charge on any atom is 0.220 e. The number of hydrogen-bond donors (Lipinski definition) is 1. The Labute approximate surface area is 143 Å². The number of carbonyl (C=O) groups is 2. The fraction of sp³-hybridized carbons (Fsp3) is 0.556. The lowest BCUT2D eigenvalue weighted by Gasteiger charge is -2.35. The lowest BCUT2D eigenvalue weighted by Crippen LogP contribution is -2.46. The van der Waals surface area contributed by atoms with Crippen molar-refractivity contribution >= 4 is 17.4 Å². The lowest BCUT2D eigenvalue weighted by molar-refractivity contribution is -0.123. The minimum Gasteiger partial charge on any atom is -0.497 e. The van der Waals surface area contributed by atoms with E-state index in [4.69, 9.17) is 9.47 Å². The molecule has 0 saturated carbocycles. The molecule has 2 rings (SSSR count). The van der Waals surface area contributed by atoms with Crippen molar-refractivity contribution in [1.82, 2.24) is 5.32 Å². The number of Topliss-reactive ketones (excluding diaryl/α,β-unsaturated/α-hetero) is 1. The van der Waals surface area contributed by atoms with E-state index in [9.17, 15) is 9.59 Å². The Kier molecular flexibility index (Phi) is 6.46. The van der Waals surface area contributed by atoms with E-state index in [-0.39, 0.29) is 11.7 Å².